The van der Waals surface area contributed by atoms with Crippen LogP contribution in [0.15, 0.2) is 16.3 Å². The first-order chi connectivity index (χ1) is 8.40. The van der Waals surface area contributed by atoms with E-state index < -0.39 is 10.0 Å². The molecule has 1 atom stereocenters. The molecule has 8 heteroatoms. The van der Waals surface area contributed by atoms with Crippen LogP contribution in [0.5, 0.6) is 0 Å². The first kappa shape index (κ1) is 13.9. The van der Waals surface area contributed by atoms with Gasteiger partial charge in [0.2, 0.25) is 10.0 Å². The minimum atomic E-state index is -3.59. The fraction of sp³-hybridized carbons (Fsp3) is 0.400. The fourth-order valence-electron chi connectivity index (χ4n) is 1.42. The quantitative estimate of drug-likeness (QED) is 0.824. The van der Waals surface area contributed by atoms with E-state index in [4.69, 9.17) is 9.88 Å². The second kappa shape index (κ2) is 5.24. The van der Waals surface area contributed by atoms with Gasteiger partial charge in [-0.25, -0.2) is 13.6 Å². The maximum absolute atomic E-state index is 11.2. The van der Waals surface area contributed by atoms with E-state index in [0.717, 1.165) is 14.3 Å². The predicted octanol–water partition coefficient (Wildman–Crippen LogP) is 1.69. The van der Waals surface area contributed by atoms with E-state index in [-0.39, 0.29) is 10.4 Å². The SMILES string of the molecule is COC(C)NCc1cc2sc(S(N)(=O)=O)cc2s1. The molecule has 0 saturated carbocycles. The number of fused-ring (bicyclic) bond motifs is 1. The first-order valence-electron chi connectivity index (χ1n) is 5.21. The van der Waals surface area contributed by atoms with Crippen LogP contribution in [0.4, 0.5) is 0 Å². The van der Waals surface area contributed by atoms with Gasteiger partial charge in [-0.2, -0.15) is 0 Å². The summed E-state index contributed by atoms with van der Waals surface area (Å²) in [5.41, 5.74) is 0. The van der Waals surface area contributed by atoms with Gasteiger partial charge in [0.1, 0.15) is 10.4 Å². The van der Waals surface area contributed by atoms with E-state index in [2.05, 4.69) is 5.32 Å². The van der Waals surface area contributed by atoms with Crippen molar-refractivity contribution in [3.63, 3.8) is 0 Å². The molecule has 0 aliphatic carbocycles. The van der Waals surface area contributed by atoms with Crippen LogP contribution in [-0.2, 0) is 21.3 Å². The monoisotopic (exact) mass is 306 g/mol. The Balaban J connectivity index is 2.17. The molecule has 0 radical (unpaired) electrons. The lowest BCUT2D eigenvalue weighted by Gasteiger charge is -2.09. The van der Waals surface area contributed by atoms with Gasteiger partial charge in [-0.3, -0.25) is 5.32 Å². The number of thiophene rings is 2. The molecule has 2 aromatic heterocycles. The van der Waals surface area contributed by atoms with Crippen LogP contribution in [-0.4, -0.2) is 21.8 Å². The summed E-state index contributed by atoms with van der Waals surface area (Å²) < 4.78 is 29.6. The lowest BCUT2D eigenvalue weighted by atomic mass is 10.4. The van der Waals surface area contributed by atoms with E-state index >= 15 is 0 Å². The Morgan fingerprint density at radius 1 is 1.39 bits per heavy atom. The number of hydrogen-bond acceptors (Lipinski definition) is 6. The highest BCUT2D eigenvalue weighted by molar-refractivity contribution is 7.91. The Morgan fingerprint density at radius 3 is 2.61 bits per heavy atom. The van der Waals surface area contributed by atoms with Crippen LogP contribution < -0.4 is 10.5 Å². The summed E-state index contributed by atoms with van der Waals surface area (Å²) in [6.07, 6.45) is -0.00915. The van der Waals surface area contributed by atoms with Crippen LogP contribution >= 0.6 is 22.7 Å². The van der Waals surface area contributed by atoms with Crippen molar-refractivity contribution in [2.24, 2.45) is 5.14 Å². The number of hydrogen-bond donors (Lipinski definition) is 2. The summed E-state index contributed by atoms with van der Waals surface area (Å²) in [5.74, 6) is 0. The van der Waals surface area contributed by atoms with Crippen molar-refractivity contribution in [2.75, 3.05) is 7.11 Å². The number of ether oxygens (including phenoxy) is 1. The van der Waals surface area contributed by atoms with Crippen molar-refractivity contribution in [3.8, 4) is 0 Å². The zero-order valence-electron chi connectivity index (χ0n) is 9.97. The number of primary sulfonamides is 1. The number of nitrogens with one attached hydrogen (secondary N) is 1. The van der Waals surface area contributed by atoms with Crippen molar-refractivity contribution >= 4 is 42.1 Å². The van der Waals surface area contributed by atoms with Gasteiger partial charge in [-0.1, -0.05) is 0 Å². The van der Waals surface area contributed by atoms with E-state index in [1.54, 1.807) is 24.5 Å². The molecule has 2 rings (SSSR count). The van der Waals surface area contributed by atoms with Crippen LogP contribution in [0.3, 0.4) is 0 Å². The molecule has 0 aliphatic heterocycles. The summed E-state index contributed by atoms with van der Waals surface area (Å²) in [4.78, 5) is 1.14. The Kier molecular flexibility index (Phi) is 4.05. The Morgan fingerprint density at radius 2 is 2.06 bits per heavy atom. The van der Waals surface area contributed by atoms with Crippen LogP contribution in [0.25, 0.3) is 9.40 Å². The molecule has 0 bridgehead atoms. The van der Waals surface area contributed by atoms with Crippen molar-refractivity contribution in [1.82, 2.24) is 5.32 Å². The molecule has 0 fully saturated rings. The molecule has 0 spiro atoms. The van der Waals surface area contributed by atoms with Crippen LogP contribution in [0, 0.1) is 0 Å². The minimum absolute atomic E-state index is 0.00915. The number of methoxy groups -OCH3 is 1. The predicted molar refractivity (Wildman–Crippen MR) is 74.4 cm³/mol. The summed E-state index contributed by atoms with van der Waals surface area (Å²) >= 11 is 2.76. The highest BCUT2D eigenvalue weighted by Crippen LogP contribution is 2.34. The average molecular weight is 306 g/mol. The first-order valence-corrected chi connectivity index (χ1v) is 8.39. The van der Waals surface area contributed by atoms with Crippen molar-refractivity contribution in [1.29, 1.82) is 0 Å². The molecule has 18 heavy (non-hydrogen) atoms. The molecular weight excluding hydrogens is 292 g/mol. The van der Waals surface area contributed by atoms with E-state index in [9.17, 15) is 8.42 Å². The van der Waals surface area contributed by atoms with Gasteiger partial charge in [0.25, 0.3) is 0 Å². The number of sulfonamides is 1. The Hall–Kier alpha value is -0.510. The van der Waals surface area contributed by atoms with Gasteiger partial charge in [-0.05, 0) is 19.1 Å². The van der Waals surface area contributed by atoms with E-state index in [1.165, 1.54) is 11.3 Å². The van der Waals surface area contributed by atoms with E-state index in [0.29, 0.717) is 6.54 Å². The van der Waals surface area contributed by atoms with Crippen LogP contribution in [0.2, 0.25) is 0 Å². The van der Waals surface area contributed by atoms with Gasteiger partial charge in [-0.15, -0.1) is 22.7 Å². The lowest BCUT2D eigenvalue weighted by molar-refractivity contribution is 0.0882. The molecule has 0 saturated heterocycles. The summed E-state index contributed by atoms with van der Waals surface area (Å²) in [7, 11) is -1.95. The standard InChI is InChI=1S/C10H14N2O3S3/c1-6(15-2)12-5-7-3-8-9(16-7)4-10(17-8)18(11,13)14/h3-4,6,12H,5H2,1-2H3,(H2,11,13,14). The second-order valence-corrected chi connectivity index (χ2v) is 7.85. The van der Waals surface area contributed by atoms with Crippen LogP contribution in [0.1, 0.15) is 11.8 Å². The van der Waals surface area contributed by atoms with Gasteiger partial charge in [0.15, 0.2) is 0 Å². The maximum atomic E-state index is 11.2. The van der Waals surface area contributed by atoms with Gasteiger partial charge < -0.3 is 4.74 Å². The molecule has 100 valence electrons. The molecule has 0 aliphatic rings. The highest BCUT2D eigenvalue weighted by atomic mass is 32.2. The van der Waals surface area contributed by atoms with Gasteiger partial charge >= 0.3 is 0 Å². The normalized spacial score (nSPS) is 14.2. The van der Waals surface area contributed by atoms with Gasteiger partial charge in [0.05, 0.1) is 0 Å². The Bertz CT molecular complexity index is 613. The zero-order valence-corrected chi connectivity index (χ0v) is 12.4. The lowest BCUT2D eigenvalue weighted by Crippen LogP contribution is -2.26. The molecule has 2 aromatic rings. The maximum Gasteiger partial charge on any atom is 0.247 e. The van der Waals surface area contributed by atoms with Gasteiger partial charge in [0, 0.05) is 27.9 Å². The molecule has 0 aromatic carbocycles. The topological polar surface area (TPSA) is 81.4 Å². The van der Waals surface area contributed by atoms with Crippen molar-refractivity contribution in [3.05, 3.63) is 17.0 Å². The minimum Gasteiger partial charge on any atom is -0.367 e. The largest absolute Gasteiger partial charge is 0.367 e. The highest BCUT2D eigenvalue weighted by Gasteiger charge is 2.14. The average Bonchev–Trinajstić information content (AvgIpc) is 2.82. The molecular formula is C10H14N2O3S3. The van der Waals surface area contributed by atoms with Crippen molar-refractivity contribution < 1.29 is 13.2 Å². The zero-order chi connectivity index (χ0) is 13.3. The molecule has 5 nitrogen and oxygen atoms in total. The fourth-order valence-corrected chi connectivity index (χ4v) is 4.61. The summed E-state index contributed by atoms with van der Waals surface area (Å²) in [6.45, 7) is 2.63. The third-order valence-corrected chi connectivity index (χ3v) is 6.15. The Labute approximate surface area is 114 Å². The number of nitrogens with two attached hydrogens (primary N) is 1. The third-order valence-electron chi connectivity index (χ3n) is 2.43. The number of rotatable bonds is 5. The third kappa shape index (κ3) is 3.08. The molecule has 2 heterocycles. The molecule has 3 N–H and O–H groups in total. The summed E-state index contributed by atoms with van der Waals surface area (Å²) in [6, 6.07) is 3.61. The van der Waals surface area contributed by atoms with E-state index in [1.807, 2.05) is 13.0 Å². The smallest absolute Gasteiger partial charge is 0.247 e. The molecule has 0 amide bonds. The molecule has 1 unspecified atom stereocenters. The summed E-state index contributed by atoms with van der Waals surface area (Å²) in [5, 5.41) is 8.29. The van der Waals surface area contributed by atoms with Crippen molar-refractivity contribution in [2.45, 2.75) is 23.9 Å². The second-order valence-electron chi connectivity index (χ2n) is 3.81.